The molecule has 4 nitrogen and oxygen atoms in total. The minimum atomic E-state index is -0.951. The number of hydrogen-bond donors (Lipinski definition) is 0. The quantitative estimate of drug-likeness (QED) is 0.291. The number of carbonyl (C=O) groups excluding carboxylic acids is 3. The van der Waals surface area contributed by atoms with Crippen molar-refractivity contribution in [3.8, 4) is 0 Å². The molecule has 0 saturated carbocycles. The lowest BCUT2D eigenvalue weighted by Crippen LogP contribution is -2.34. The van der Waals surface area contributed by atoms with Crippen LogP contribution in [-0.2, 0) is 19.1 Å². The van der Waals surface area contributed by atoms with Gasteiger partial charge < -0.3 is 4.74 Å². The average Bonchev–Trinajstić information content (AvgIpc) is 2.17. The standard InChI is InChI=1S/C11H18O4/c1-5-8(9(13)7-12)10(14)15-11(3,4)6-2/h7-8H,5-6H2,1-4H3. The molecule has 0 aliphatic heterocycles. The van der Waals surface area contributed by atoms with Gasteiger partial charge in [0.15, 0.2) is 6.29 Å². The van der Waals surface area contributed by atoms with Gasteiger partial charge in [-0.15, -0.1) is 0 Å². The van der Waals surface area contributed by atoms with Gasteiger partial charge >= 0.3 is 5.97 Å². The van der Waals surface area contributed by atoms with Crippen LogP contribution in [0.1, 0.15) is 40.5 Å². The smallest absolute Gasteiger partial charge is 0.317 e. The summed E-state index contributed by atoms with van der Waals surface area (Å²) < 4.78 is 5.14. The van der Waals surface area contributed by atoms with Crippen molar-refractivity contribution in [3.05, 3.63) is 0 Å². The van der Waals surface area contributed by atoms with E-state index in [-0.39, 0.29) is 12.7 Å². The highest BCUT2D eigenvalue weighted by atomic mass is 16.6. The van der Waals surface area contributed by atoms with E-state index < -0.39 is 23.3 Å². The van der Waals surface area contributed by atoms with Crippen LogP contribution >= 0.6 is 0 Å². The zero-order valence-corrected chi connectivity index (χ0v) is 9.70. The molecule has 0 aromatic heterocycles. The maximum Gasteiger partial charge on any atom is 0.317 e. The predicted molar refractivity (Wildman–Crippen MR) is 55.3 cm³/mol. The molecule has 1 atom stereocenters. The molecule has 0 amide bonds. The maximum atomic E-state index is 11.5. The Hall–Kier alpha value is -1.19. The van der Waals surface area contributed by atoms with Crippen LogP contribution in [0.3, 0.4) is 0 Å². The van der Waals surface area contributed by atoms with E-state index in [1.807, 2.05) is 6.92 Å². The number of carbonyl (C=O) groups is 3. The van der Waals surface area contributed by atoms with Gasteiger partial charge in [-0.05, 0) is 26.7 Å². The molecule has 0 bridgehead atoms. The van der Waals surface area contributed by atoms with E-state index in [0.29, 0.717) is 6.42 Å². The molecule has 0 radical (unpaired) electrons. The Kier molecular flexibility index (Phi) is 5.19. The third-order valence-electron chi connectivity index (χ3n) is 2.38. The third-order valence-corrected chi connectivity index (χ3v) is 2.38. The van der Waals surface area contributed by atoms with Crippen LogP contribution < -0.4 is 0 Å². The number of esters is 1. The summed E-state index contributed by atoms with van der Waals surface area (Å²) in [6.07, 6.45) is 1.12. The Labute approximate surface area is 90.0 Å². The highest BCUT2D eigenvalue weighted by Crippen LogP contribution is 2.17. The fraction of sp³-hybridized carbons (Fsp3) is 0.727. The molecule has 0 rings (SSSR count). The minimum Gasteiger partial charge on any atom is -0.459 e. The van der Waals surface area contributed by atoms with Crippen LogP contribution in [0.15, 0.2) is 0 Å². The van der Waals surface area contributed by atoms with E-state index in [0.717, 1.165) is 0 Å². The number of ketones is 1. The first kappa shape index (κ1) is 13.8. The van der Waals surface area contributed by atoms with Crippen LogP contribution in [0, 0.1) is 5.92 Å². The lowest BCUT2D eigenvalue weighted by Gasteiger charge is -2.25. The summed E-state index contributed by atoms with van der Waals surface area (Å²) in [6, 6.07) is 0. The van der Waals surface area contributed by atoms with Crippen LogP contribution in [0.2, 0.25) is 0 Å². The molecule has 15 heavy (non-hydrogen) atoms. The summed E-state index contributed by atoms with van der Waals surface area (Å²) in [4.78, 5) is 32.9. The van der Waals surface area contributed by atoms with Gasteiger partial charge in [-0.3, -0.25) is 14.4 Å². The second-order valence-electron chi connectivity index (χ2n) is 4.02. The monoisotopic (exact) mass is 214 g/mol. The number of hydrogen-bond acceptors (Lipinski definition) is 4. The molecule has 0 spiro atoms. The summed E-state index contributed by atoms with van der Waals surface area (Å²) in [7, 11) is 0. The third kappa shape index (κ3) is 4.23. The Morgan fingerprint density at radius 3 is 2.20 bits per heavy atom. The SMILES string of the molecule is CCC(C(=O)C=O)C(=O)OC(C)(C)CC. The number of ether oxygens (including phenoxy) is 1. The molecule has 0 aromatic carbocycles. The van der Waals surface area contributed by atoms with Gasteiger partial charge in [0.25, 0.3) is 0 Å². The first-order chi connectivity index (χ1) is 6.87. The maximum absolute atomic E-state index is 11.5. The van der Waals surface area contributed by atoms with Crippen molar-refractivity contribution in [2.24, 2.45) is 5.92 Å². The Bertz CT molecular complexity index is 255. The topological polar surface area (TPSA) is 60.4 Å². The molecule has 1 unspecified atom stereocenters. The summed E-state index contributed by atoms with van der Waals surface area (Å²) >= 11 is 0. The fourth-order valence-electron chi connectivity index (χ4n) is 0.982. The Morgan fingerprint density at radius 1 is 1.33 bits per heavy atom. The van der Waals surface area contributed by atoms with Gasteiger partial charge in [0.1, 0.15) is 11.5 Å². The molecular formula is C11H18O4. The molecule has 0 aliphatic rings. The molecule has 0 aliphatic carbocycles. The lowest BCUT2D eigenvalue weighted by molar-refractivity contribution is -0.164. The van der Waals surface area contributed by atoms with Crippen LogP contribution in [0.5, 0.6) is 0 Å². The number of aldehydes is 1. The van der Waals surface area contributed by atoms with Crippen molar-refractivity contribution < 1.29 is 19.1 Å². The van der Waals surface area contributed by atoms with Gasteiger partial charge in [0.2, 0.25) is 5.78 Å². The van der Waals surface area contributed by atoms with Crippen LogP contribution in [0.25, 0.3) is 0 Å². The van der Waals surface area contributed by atoms with Crippen molar-refractivity contribution >= 4 is 18.0 Å². The Balaban J connectivity index is 4.54. The van der Waals surface area contributed by atoms with Gasteiger partial charge in [-0.1, -0.05) is 13.8 Å². The highest BCUT2D eigenvalue weighted by Gasteiger charge is 2.30. The van der Waals surface area contributed by atoms with Gasteiger partial charge in [0, 0.05) is 0 Å². The normalized spacial score (nSPS) is 13.1. The van der Waals surface area contributed by atoms with Crippen LogP contribution in [-0.4, -0.2) is 23.6 Å². The highest BCUT2D eigenvalue weighted by molar-refractivity contribution is 6.30. The van der Waals surface area contributed by atoms with Crippen molar-refractivity contribution in [1.82, 2.24) is 0 Å². The fourth-order valence-corrected chi connectivity index (χ4v) is 0.982. The van der Waals surface area contributed by atoms with Crippen molar-refractivity contribution in [1.29, 1.82) is 0 Å². The molecule has 0 aromatic rings. The molecule has 0 saturated heterocycles. The second kappa shape index (κ2) is 5.63. The number of rotatable bonds is 6. The zero-order valence-electron chi connectivity index (χ0n) is 9.70. The first-order valence-corrected chi connectivity index (χ1v) is 5.09. The molecule has 0 N–H and O–H groups in total. The second-order valence-corrected chi connectivity index (χ2v) is 4.02. The summed E-state index contributed by atoms with van der Waals surface area (Å²) in [5.41, 5.74) is -0.590. The number of Topliss-reactive ketones (excluding diaryl/α,β-unsaturated/α-hetero) is 1. The van der Waals surface area contributed by atoms with E-state index >= 15 is 0 Å². The van der Waals surface area contributed by atoms with Crippen LogP contribution in [0.4, 0.5) is 0 Å². The van der Waals surface area contributed by atoms with Gasteiger partial charge in [-0.2, -0.15) is 0 Å². The summed E-state index contributed by atoms with van der Waals surface area (Å²) in [5, 5.41) is 0. The largest absolute Gasteiger partial charge is 0.459 e. The summed E-state index contributed by atoms with van der Waals surface area (Å²) in [5.74, 6) is -2.27. The Morgan fingerprint density at radius 2 is 1.87 bits per heavy atom. The zero-order chi connectivity index (χ0) is 12.1. The molecule has 0 heterocycles. The minimum absolute atomic E-state index is 0.175. The lowest BCUT2D eigenvalue weighted by atomic mass is 10.0. The van der Waals surface area contributed by atoms with E-state index in [2.05, 4.69) is 0 Å². The van der Waals surface area contributed by atoms with Gasteiger partial charge in [0.05, 0.1) is 0 Å². The first-order valence-electron chi connectivity index (χ1n) is 5.09. The van der Waals surface area contributed by atoms with E-state index in [4.69, 9.17) is 4.74 Å². The van der Waals surface area contributed by atoms with E-state index in [1.165, 1.54) is 0 Å². The molecule has 0 fully saturated rings. The van der Waals surface area contributed by atoms with Crippen molar-refractivity contribution in [2.75, 3.05) is 0 Å². The molecule has 4 heteroatoms. The van der Waals surface area contributed by atoms with Crippen molar-refractivity contribution in [2.45, 2.75) is 46.1 Å². The van der Waals surface area contributed by atoms with E-state index in [9.17, 15) is 14.4 Å². The predicted octanol–water partition coefficient (Wildman–Crippen LogP) is 1.51. The molecule has 86 valence electrons. The average molecular weight is 214 g/mol. The van der Waals surface area contributed by atoms with Gasteiger partial charge in [-0.25, -0.2) is 0 Å². The van der Waals surface area contributed by atoms with Crippen molar-refractivity contribution in [3.63, 3.8) is 0 Å². The molecular weight excluding hydrogens is 196 g/mol. The van der Waals surface area contributed by atoms with E-state index in [1.54, 1.807) is 20.8 Å². The summed E-state index contributed by atoms with van der Waals surface area (Å²) in [6.45, 7) is 7.09.